The van der Waals surface area contributed by atoms with Crippen molar-refractivity contribution in [3.63, 3.8) is 0 Å². The zero-order valence-corrected chi connectivity index (χ0v) is 17.8. The Morgan fingerprint density at radius 2 is 2.19 bits per heavy atom. The van der Waals surface area contributed by atoms with Gasteiger partial charge < -0.3 is 15.0 Å². The maximum Gasteiger partial charge on any atom is 0.251 e. The van der Waals surface area contributed by atoms with E-state index in [1.807, 2.05) is 0 Å². The number of amides is 1. The standard InChI is InChI=1S/C18H22ClN3O3S2/c1-4-7-26-10-13-9-16(23)22-18(21-13)27-11(2)17(24)20-12-5-6-15(25-3)14(19)8-12/h5-6,8-9,11H,4,7,10H2,1-3H3,(H,20,24)(H,21,22,23). The summed E-state index contributed by atoms with van der Waals surface area (Å²) in [6, 6.07) is 6.52. The molecule has 0 aliphatic carbocycles. The van der Waals surface area contributed by atoms with Gasteiger partial charge in [-0.2, -0.15) is 11.8 Å². The number of benzene rings is 1. The van der Waals surface area contributed by atoms with Crippen molar-refractivity contribution >= 4 is 46.7 Å². The number of thioether (sulfide) groups is 2. The van der Waals surface area contributed by atoms with Crippen LogP contribution in [0.1, 0.15) is 26.0 Å². The van der Waals surface area contributed by atoms with Crippen LogP contribution in [-0.4, -0.2) is 34.0 Å². The molecule has 0 aliphatic rings. The number of halogens is 1. The number of H-pyrrole nitrogens is 1. The van der Waals surface area contributed by atoms with E-state index < -0.39 is 5.25 Å². The van der Waals surface area contributed by atoms with Crippen LogP contribution in [0.2, 0.25) is 5.02 Å². The van der Waals surface area contributed by atoms with Crippen LogP contribution in [0.15, 0.2) is 34.2 Å². The highest BCUT2D eigenvalue weighted by Gasteiger charge is 2.17. The van der Waals surface area contributed by atoms with Gasteiger partial charge in [-0.05, 0) is 37.3 Å². The van der Waals surface area contributed by atoms with Crippen molar-refractivity contribution in [1.29, 1.82) is 0 Å². The summed E-state index contributed by atoms with van der Waals surface area (Å²) in [6.07, 6.45) is 1.07. The summed E-state index contributed by atoms with van der Waals surface area (Å²) < 4.78 is 5.10. The van der Waals surface area contributed by atoms with Gasteiger partial charge >= 0.3 is 0 Å². The van der Waals surface area contributed by atoms with Crippen LogP contribution >= 0.6 is 35.1 Å². The molecule has 1 unspecified atom stereocenters. The van der Waals surface area contributed by atoms with Gasteiger partial charge in [0.05, 0.1) is 23.1 Å². The molecule has 0 bridgehead atoms. The molecule has 0 aliphatic heterocycles. The summed E-state index contributed by atoms with van der Waals surface area (Å²) in [5, 5.41) is 3.20. The smallest absolute Gasteiger partial charge is 0.251 e. The van der Waals surface area contributed by atoms with Crippen LogP contribution in [0.4, 0.5) is 5.69 Å². The van der Waals surface area contributed by atoms with Crippen LogP contribution in [-0.2, 0) is 10.5 Å². The first kappa shape index (κ1) is 21.7. The Bertz CT molecular complexity index is 845. The maximum absolute atomic E-state index is 12.4. The van der Waals surface area contributed by atoms with Crippen molar-refractivity contribution in [2.45, 2.75) is 36.4 Å². The quantitative estimate of drug-likeness (QED) is 0.354. The van der Waals surface area contributed by atoms with Crippen LogP contribution in [0, 0.1) is 0 Å². The molecule has 0 fully saturated rings. The molecular weight excluding hydrogens is 406 g/mol. The second-order valence-electron chi connectivity index (χ2n) is 5.69. The van der Waals surface area contributed by atoms with Crippen LogP contribution in [0.5, 0.6) is 5.75 Å². The molecule has 0 spiro atoms. The molecule has 27 heavy (non-hydrogen) atoms. The second-order valence-corrected chi connectivity index (χ2v) is 8.54. The molecule has 6 nitrogen and oxygen atoms in total. The first-order valence-corrected chi connectivity index (χ1v) is 10.8. The van der Waals surface area contributed by atoms with E-state index in [4.69, 9.17) is 16.3 Å². The van der Waals surface area contributed by atoms with Crippen LogP contribution < -0.4 is 15.6 Å². The largest absolute Gasteiger partial charge is 0.495 e. The Kier molecular flexibility index (Phi) is 8.53. The molecule has 0 radical (unpaired) electrons. The van der Waals surface area contributed by atoms with E-state index in [9.17, 15) is 9.59 Å². The normalized spacial score (nSPS) is 11.9. The molecule has 1 aromatic heterocycles. The number of rotatable bonds is 9. The molecule has 1 atom stereocenters. The Balaban J connectivity index is 2.01. The third-order valence-electron chi connectivity index (χ3n) is 3.45. The van der Waals surface area contributed by atoms with Gasteiger partial charge in [-0.1, -0.05) is 30.3 Å². The number of aromatic nitrogens is 2. The molecule has 146 valence electrons. The van der Waals surface area contributed by atoms with E-state index in [2.05, 4.69) is 22.2 Å². The van der Waals surface area contributed by atoms with Crippen molar-refractivity contribution in [1.82, 2.24) is 9.97 Å². The minimum Gasteiger partial charge on any atom is -0.495 e. The third-order valence-corrected chi connectivity index (χ3v) is 5.92. The fraction of sp³-hybridized carbons (Fsp3) is 0.389. The average molecular weight is 428 g/mol. The number of nitrogens with zero attached hydrogens (tertiary/aromatic N) is 1. The Hall–Kier alpha value is -1.64. The monoisotopic (exact) mass is 427 g/mol. The number of carbonyl (C=O) groups excluding carboxylic acids is 1. The summed E-state index contributed by atoms with van der Waals surface area (Å²) in [6.45, 7) is 3.86. The van der Waals surface area contributed by atoms with Gasteiger partial charge in [0.2, 0.25) is 5.91 Å². The summed E-state index contributed by atoms with van der Waals surface area (Å²) in [5.41, 5.74) is 1.08. The number of ether oxygens (including phenoxy) is 1. The summed E-state index contributed by atoms with van der Waals surface area (Å²) in [4.78, 5) is 31.4. The van der Waals surface area contributed by atoms with E-state index in [0.717, 1.165) is 12.2 Å². The summed E-state index contributed by atoms with van der Waals surface area (Å²) in [5.74, 6) is 2.02. The van der Waals surface area contributed by atoms with Crippen molar-refractivity contribution < 1.29 is 9.53 Å². The van der Waals surface area contributed by atoms with Gasteiger partial charge in [-0.25, -0.2) is 4.98 Å². The minimum atomic E-state index is -0.451. The maximum atomic E-state index is 12.4. The SMILES string of the molecule is CCCSCc1cc(=O)[nH]c(SC(C)C(=O)Nc2ccc(OC)c(Cl)c2)n1. The molecule has 2 aromatic rings. The number of aromatic amines is 1. The predicted molar refractivity (Wildman–Crippen MR) is 113 cm³/mol. The van der Waals surface area contributed by atoms with E-state index in [1.165, 1.54) is 24.9 Å². The minimum absolute atomic E-state index is 0.213. The molecule has 0 saturated heterocycles. The molecule has 1 aromatic carbocycles. The van der Waals surface area contributed by atoms with Gasteiger partial charge in [0, 0.05) is 17.5 Å². The molecule has 0 saturated carbocycles. The van der Waals surface area contributed by atoms with Gasteiger partial charge in [-0.15, -0.1) is 0 Å². The van der Waals surface area contributed by atoms with Gasteiger partial charge in [0.1, 0.15) is 5.75 Å². The first-order valence-electron chi connectivity index (χ1n) is 8.42. The highest BCUT2D eigenvalue weighted by atomic mass is 35.5. The Morgan fingerprint density at radius 3 is 2.85 bits per heavy atom. The number of anilines is 1. The van der Waals surface area contributed by atoms with Gasteiger partial charge in [0.25, 0.3) is 5.56 Å². The third kappa shape index (κ3) is 6.79. The molecule has 1 heterocycles. The number of nitrogens with one attached hydrogen (secondary N) is 2. The van der Waals surface area contributed by atoms with E-state index in [-0.39, 0.29) is 11.5 Å². The lowest BCUT2D eigenvalue weighted by atomic mass is 10.3. The van der Waals surface area contributed by atoms with Crippen LogP contribution in [0.3, 0.4) is 0 Å². The van der Waals surface area contributed by atoms with Crippen molar-refractivity contribution in [3.05, 3.63) is 45.3 Å². The predicted octanol–water partition coefficient (Wildman–Crippen LogP) is 4.19. The molecule has 9 heteroatoms. The number of carbonyl (C=O) groups is 1. The Labute approximate surface area is 171 Å². The highest BCUT2D eigenvalue weighted by Crippen LogP contribution is 2.28. The average Bonchev–Trinajstić information content (AvgIpc) is 2.61. The Morgan fingerprint density at radius 1 is 1.41 bits per heavy atom. The lowest BCUT2D eigenvalue weighted by Gasteiger charge is -2.13. The number of methoxy groups -OCH3 is 1. The van der Waals surface area contributed by atoms with Crippen molar-refractivity contribution in [2.24, 2.45) is 0 Å². The molecule has 2 rings (SSSR count). The fourth-order valence-electron chi connectivity index (χ4n) is 2.14. The van der Waals surface area contributed by atoms with Crippen molar-refractivity contribution in [2.75, 3.05) is 18.2 Å². The van der Waals surface area contributed by atoms with E-state index >= 15 is 0 Å². The summed E-state index contributed by atoms with van der Waals surface area (Å²) >= 11 is 9.01. The van der Waals surface area contributed by atoms with Gasteiger partial charge in [0.15, 0.2) is 5.16 Å². The fourth-order valence-corrected chi connectivity index (χ4v) is 4.02. The zero-order valence-electron chi connectivity index (χ0n) is 15.4. The van der Waals surface area contributed by atoms with E-state index in [0.29, 0.717) is 33.1 Å². The second kappa shape index (κ2) is 10.6. The molecule has 2 N–H and O–H groups in total. The molecule has 1 amide bonds. The first-order chi connectivity index (χ1) is 12.9. The highest BCUT2D eigenvalue weighted by molar-refractivity contribution is 8.00. The number of hydrogen-bond donors (Lipinski definition) is 2. The lowest BCUT2D eigenvalue weighted by molar-refractivity contribution is -0.115. The van der Waals surface area contributed by atoms with Crippen molar-refractivity contribution in [3.8, 4) is 5.75 Å². The van der Waals surface area contributed by atoms with E-state index in [1.54, 1.807) is 36.9 Å². The summed E-state index contributed by atoms with van der Waals surface area (Å²) in [7, 11) is 1.53. The van der Waals surface area contributed by atoms with Gasteiger partial charge in [-0.3, -0.25) is 9.59 Å². The molecular formula is C18H22ClN3O3S2. The lowest BCUT2D eigenvalue weighted by Crippen LogP contribution is -2.23. The number of hydrogen-bond acceptors (Lipinski definition) is 6. The van der Waals surface area contributed by atoms with Crippen LogP contribution in [0.25, 0.3) is 0 Å². The topological polar surface area (TPSA) is 84.1 Å². The zero-order chi connectivity index (χ0) is 19.8.